The lowest BCUT2D eigenvalue weighted by Gasteiger charge is -2.11. The summed E-state index contributed by atoms with van der Waals surface area (Å²) >= 11 is 0. The van der Waals surface area contributed by atoms with E-state index in [1.165, 1.54) is 7.11 Å². The van der Waals surface area contributed by atoms with Crippen molar-refractivity contribution in [3.8, 4) is 5.75 Å². The molecule has 110 valence electrons. The Balaban J connectivity index is 2.16. The van der Waals surface area contributed by atoms with E-state index in [4.69, 9.17) is 9.57 Å². The lowest BCUT2D eigenvalue weighted by Crippen LogP contribution is -2.07. The van der Waals surface area contributed by atoms with E-state index in [1.807, 2.05) is 54.6 Å². The van der Waals surface area contributed by atoms with Gasteiger partial charge < -0.3 is 9.57 Å². The van der Waals surface area contributed by atoms with Gasteiger partial charge in [-0.1, -0.05) is 35.5 Å². The molecule has 0 aliphatic rings. The van der Waals surface area contributed by atoms with E-state index in [1.54, 1.807) is 13.3 Å². The molecule has 0 unspecified atom stereocenters. The minimum Gasteiger partial charge on any atom is -0.496 e. The summed E-state index contributed by atoms with van der Waals surface area (Å²) in [6, 6.07) is 17.7. The number of methoxy groups -OCH3 is 1. The zero-order chi connectivity index (χ0) is 15.4. The first-order valence-corrected chi connectivity index (χ1v) is 6.93. The van der Waals surface area contributed by atoms with Gasteiger partial charge in [0.15, 0.2) is 0 Å². The van der Waals surface area contributed by atoms with Gasteiger partial charge in [0.1, 0.15) is 18.6 Å². The maximum absolute atomic E-state index is 5.42. The van der Waals surface area contributed by atoms with E-state index in [9.17, 15) is 0 Å². The van der Waals surface area contributed by atoms with Gasteiger partial charge in [0.2, 0.25) is 0 Å². The zero-order valence-corrected chi connectivity index (χ0v) is 12.5. The van der Waals surface area contributed by atoms with Gasteiger partial charge in [0, 0.05) is 22.7 Å². The normalized spacial score (nSPS) is 11.5. The fourth-order valence-corrected chi connectivity index (χ4v) is 2.39. The van der Waals surface area contributed by atoms with E-state index in [0.717, 1.165) is 27.8 Å². The molecule has 22 heavy (non-hydrogen) atoms. The topological polar surface area (TPSA) is 43.7 Å². The van der Waals surface area contributed by atoms with Crippen LogP contribution in [0.1, 0.15) is 11.1 Å². The molecule has 0 N–H and O–H groups in total. The number of benzene rings is 2. The van der Waals surface area contributed by atoms with Gasteiger partial charge in [0.05, 0.1) is 12.6 Å². The van der Waals surface area contributed by atoms with Crippen molar-refractivity contribution in [2.45, 2.75) is 0 Å². The monoisotopic (exact) mass is 292 g/mol. The summed E-state index contributed by atoms with van der Waals surface area (Å²) in [5.41, 5.74) is 3.38. The lowest BCUT2D eigenvalue weighted by molar-refractivity contribution is 0.214. The van der Waals surface area contributed by atoms with Gasteiger partial charge >= 0.3 is 0 Å². The third-order valence-corrected chi connectivity index (χ3v) is 3.41. The standard InChI is InChI=1S/C18H16N2O2/c1-21-17-10-6-4-8-15(17)18(20-22-2)14-11-13-7-3-5-9-16(13)19-12-14/h3-12H,1-2H3. The number of para-hydroxylation sites is 2. The fraction of sp³-hybridized carbons (Fsp3) is 0.111. The van der Waals surface area contributed by atoms with Crippen molar-refractivity contribution in [1.82, 2.24) is 4.98 Å². The van der Waals surface area contributed by atoms with Crippen LogP contribution in [0.25, 0.3) is 10.9 Å². The Bertz CT molecular complexity index is 828. The number of fused-ring (bicyclic) bond motifs is 1. The van der Waals surface area contributed by atoms with Crippen molar-refractivity contribution in [3.05, 3.63) is 71.9 Å². The maximum atomic E-state index is 5.42. The predicted molar refractivity (Wildman–Crippen MR) is 87.4 cm³/mol. The fourth-order valence-electron chi connectivity index (χ4n) is 2.39. The molecular weight excluding hydrogens is 276 g/mol. The molecule has 2 aromatic carbocycles. The van der Waals surface area contributed by atoms with Gasteiger partial charge in [0.25, 0.3) is 0 Å². The summed E-state index contributed by atoms with van der Waals surface area (Å²) in [4.78, 5) is 9.52. The zero-order valence-electron chi connectivity index (χ0n) is 12.5. The quantitative estimate of drug-likeness (QED) is 0.544. The molecule has 0 saturated carbocycles. The highest BCUT2D eigenvalue weighted by Crippen LogP contribution is 2.23. The summed E-state index contributed by atoms with van der Waals surface area (Å²) < 4.78 is 5.42. The van der Waals surface area contributed by atoms with Crippen molar-refractivity contribution >= 4 is 16.6 Å². The smallest absolute Gasteiger partial charge is 0.128 e. The Hall–Kier alpha value is -2.88. The first-order valence-electron chi connectivity index (χ1n) is 6.93. The second-order valence-electron chi connectivity index (χ2n) is 4.74. The van der Waals surface area contributed by atoms with E-state index >= 15 is 0 Å². The average molecular weight is 292 g/mol. The highest BCUT2D eigenvalue weighted by molar-refractivity contribution is 6.15. The van der Waals surface area contributed by atoms with Crippen LogP contribution in [0, 0.1) is 0 Å². The number of hydrogen-bond donors (Lipinski definition) is 0. The van der Waals surface area contributed by atoms with Gasteiger partial charge in [-0.15, -0.1) is 0 Å². The molecule has 0 spiro atoms. The van der Waals surface area contributed by atoms with Crippen molar-refractivity contribution in [3.63, 3.8) is 0 Å². The van der Waals surface area contributed by atoms with Crippen molar-refractivity contribution in [2.24, 2.45) is 5.16 Å². The van der Waals surface area contributed by atoms with Crippen LogP contribution in [0.5, 0.6) is 5.75 Å². The van der Waals surface area contributed by atoms with Crippen molar-refractivity contribution in [2.75, 3.05) is 14.2 Å². The van der Waals surface area contributed by atoms with Crippen LogP contribution in [-0.2, 0) is 4.84 Å². The van der Waals surface area contributed by atoms with E-state index in [-0.39, 0.29) is 0 Å². The predicted octanol–water partition coefficient (Wildman–Crippen LogP) is 3.64. The Kier molecular flexibility index (Phi) is 4.01. The molecule has 0 fully saturated rings. The molecule has 4 heteroatoms. The van der Waals surface area contributed by atoms with Crippen LogP contribution in [-0.4, -0.2) is 24.9 Å². The SMILES string of the molecule is CON=C(c1cnc2ccccc2c1)c1ccccc1OC. The highest BCUT2D eigenvalue weighted by Gasteiger charge is 2.14. The Morgan fingerprint density at radius 1 is 1.00 bits per heavy atom. The molecule has 3 aromatic rings. The van der Waals surface area contributed by atoms with Crippen LogP contribution in [0.3, 0.4) is 0 Å². The molecule has 0 aliphatic heterocycles. The Labute approximate surface area is 129 Å². The number of oxime groups is 1. The Morgan fingerprint density at radius 2 is 1.77 bits per heavy atom. The number of rotatable bonds is 4. The molecule has 0 aliphatic carbocycles. The summed E-state index contributed by atoms with van der Waals surface area (Å²) in [6.45, 7) is 0. The van der Waals surface area contributed by atoms with Crippen molar-refractivity contribution < 1.29 is 9.57 Å². The third-order valence-electron chi connectivity index (χ3n) is 3.41. The van der Waals surface area contributed by atoms with Crippen LogP contribution in [0.2, 0.25) is 0 Å². The van der Waals surface area contributed by atoms with E-state index in [0.29, 0.717) is 5.71 Å². The Morgan fingerprint density at radius 3 is 2.59 bits per heavy atom. The van der Waals surface area contributed by atoms with Gasteiger partial charge in [-0.05, 0) is 24.3 Å². The van der Waals surface area contributed by atoms with Crippen LogP contribution < -0.4 is 4.74 Å². The van der Waals surface area contributed by atoms with Crippen LogP contribution in [0.4, 0.5) is 0 Å². The lowest BCUT2D eigenvalue weighted by atomic mass is 10.0. The van der Waals surface area contributed by atoms with Crippen molar-refractivity contribution in [1.29, 1.82) is 0 Å². The largest absolute Gasteiger partial charge is 0.496 e. The maximum Gasteiger partial charge on any atom is 0.128 e. The molecule has 4 nitrogen and oxygen atoms in total. The molecule has 0 amide bonds. The average Bonchev–Trinajstić information content (AvgIpc) is 2.59. The van der Waals surface area contributed by atoms with Gasteiger partial charge in [-0.25, -0.2) is 0 Å². The molecule has 0 radical (unpaired) electrons. The summed E-state index contributed by atoms with van der Waals surface area (Å²) in [6.07, 6.45) is 1.80. The summed E-state index contributed by atoms with van der Waals surface area (Å²) in [5, 5.41) is 5.23. The minimum atomic E-state index is 0.693. The molecule has 0 atom stereocenters. The van der Waals surface area contributed by atoms with Crippen LogP contribution >= 0.6 is 0 Å². The van der Waals surface area contributed by atoms with E-state index in [2.05, 4.69) is 10.1 Å². The second-order valence-corrected chi connectivity index (χ2v) is 4.74. The number of ether oxygens (including phenoxy) is 1. The second kappa shape index (κ2) is 6.26. The van der Waals surface area contributed by atoms with Gasteiger partial charge in [-0.3, -0.25) is 4.98 Å². The molecule has 3 rings (SSSR count). The molecule has 1 aromatic heterocycles. The summed E-state index contributed by atoms with van der Waals surface area (Å²) in [5.74, 6) is 0.742. The molecule has 0 saturated heterocycles. The number of hydrogen-bond acceptors (Lipinski definition) is 4. The molecular formula is C18H16N2O2. The minimum absolute atomic E-state index is 0.693. The summed E-state index contributed by atoms with van der Waals surface area (Å²) in [7, 11) is 3.17. The number of aromatic nitrogens is 1. The van der Waals surface area contributed by atoms with E-state index < -0.39 is 0 Å². The number of pyridine rings is 1. The first kappa shape index (κ1) is 14.1. The highest BCUT2D eigenvalue weighted by atomic mass is 16.6. The first-order chi connectivity index (χ1) is 10.8. The number of nitrogens with zero attached hydrogens (tertiary/aromatic N) is 2. The molecule has 0 bridgehead atoms. The van der Waals surface area contributed by atoms with Gasteiger partial charge in [-0.2, -0.15) is 0 Å². The molecule has 1 heterocycles. The third kappa shape index (κ3) is 2.63. The van der Waals surface area contributed by atoms with Crippen LogP contribution in [0.15, 0.2) is 65.9 Å².